The highest BCUT2D eigenvalue weighted by Gasteiger charge is 2.31. The van der Waals surface area contributed by atoms with Gasteiger partial charge in [-0.25, -0.2) is 0 Å². The largest absolute Gasteiger partial charge is 0.466 e. The van der Waals surface area contributed by atoms with Crippen LogP contribution in [0, 0.1) is 5.92 Å². The second-order valence-corrected chi connectivity index (χ2v) is 3.13. The molecule has 1 saturated heterocycles. The third-order valence-corrected chi connectivity index (χ3v) is 2.32. The number of carbonyl (C=O) groups is 1. The van der Waals surface area contributed by atoms with Crippen molar-refractivity contribution in [1.29, 1.82) is 0 Å². The van der Waals surface area contributed by atoms with E-state index in [0.717, 1.165) is 19.5 Å². The number of rotatable bonds is 3. The van der Waals surface area contributed by atoms with Crippen molar-refractivity contribution in [3.63, 3.8) is 0 Å². The Kier molecular flexibility index (Phi) is 4.18. The standard InChI is InChI=1S/C9H17NO3/c1-3-13-9(11)7-4-5-10-6-8(7)12-2/h7-8,10H,3-6H2,1-2H3/t7-,8+/m1/s1. The summed E-state index contributed by atoms with van der Waals surface area (Å²) in [6, 6.07) is 0. The monoisotopic (exact) mass is 187 g/mol. The van der Waals surface area contributed by atoms with Crippen LogP contribution in [-0.2, 0) is 14.3 Å². The quantitative estimate of drug-likeness (QED) is 0.640. The highest BCUT2D eigenvalue weighted by molar-refractivity contribution is 5.73. The summed E-state index contributed by atoms with van der Waals surface area (Å²) in [6.45, 7) is 3.86. The smallest absolute Gasteiger partial charge is 0.311 e. The second-order valence-electron chi connectivity index (χ2n) is 3.13. The van der Waals surface area contributed by atoms with E-state index >= 15 is 0 Å². The minimum Gasteiger partial charge on any atom is -0.466 e. The number of nitrogens with one attached hydrogen (secondary N) is 1. The Labute approximate surface area is 78.6 Å². The van der Waals surface area contributed by atoms with Gasteiger partial charge in [0.15, 0.2) is 0 Å². The Morgan fingerprint density at radius 3 is 3.00 bits per heavy atom. The number of esters is 1. The first-order valence-electron chi connectivity index (χ1n) is 4.69. The van der Waals surface area contributed by atoms with Crippen LogP contribution in [0.4, 0.5) is 0 Å². The summed E-state index contributed by atoms with van der Waals surface area (Å²) < 4.78 is 10.2. The van der Waals surface area contributed by atoms with Crippen molar-refractivity contribution in [1.82, 2.24) is 5.32 Å². The maximum absolute atomic E-state index is 11.4. The van der Waals surface area contributed by atoms with Gasteiger partial charge in [0.1, 0.15) is 0 Å². The maximum atomic E-state index is 11.4. The van der Waals surface area contributed by atoms with Gasteiger partial charge in [-0.3, -0.25) is 4.79 Å². The zero-order valence-electron chi connectivity index (χ0n) is 8.21. The molecule has 76 valence electrons. The minimum absolute atomic E-state index is 0.0344. The Hall–Kier alpha value is -0.610. The van der Waals surface area contributed by atoms with Gasteiger partial charge in [0.2, 0.25) is 0 Å². The van der Waals surface area contributed by atoms with Gasteiger partial charge in [0, 0.05) is 13.7 Å². The first-order valence-corrected chi connectivity index (χ1v) is 4.69. The van der Waals surface area contributed by atoms with Crippen molar-refractivity contribution in [3.05, 3.63) is 0 Å². The molecule has 4 nitrogen and oxygen atoms in total. The van der Waals surface area contributed by atoms with E-state index in [2.05, 4.69) is 5.32 Å². The van der Waals surface area contributed by atoms with Crippen molar-refractivity contribution in [3.8, 4) is 0 Å². The molecule has 1 N–H and O–H groups in total. The molecule has 0 aromatic rings. The molecule has 2 atom stereocenters. The molecule has 0 aliphatic carbocycles. The molecular formula is C9H17NO3. The fourth-order valence-corrected chi connectivity index (χ4v) is 1.60. The van der Waals surface area contributed by atoms with Crippen LogP contribution in [0.15, 0.2) is 0 Å². The topological polar surface area (TPSA) is 47.6 Å². The summed E-state index contributed by atoms with van der Waals surface area (Å²) in [6.07, 6.45) is 0.768. The van der Waals surface area contributed by atoms with E-state index in [1.165, 1.54) is 0 Å². The summed E-state index contributed by atoms with van der Waals surface area (Å²) in [4.78, 5) is 11.4. The molecule has 0 saturated carbocycles. The van der Waals surface area contributed by atoms with Gasteiger partial charge >= 0.3 is 5.97 Å². The fourth-order valence-electron chi connectivity index (χ4n) is 1.60. The molecule has 0 amide bonds. The molecule has 1 fully saturated rings. The number of hydrogen-bond donors (Lipinski definition) is 1. The third kappa shape index (κ3) is 2.67. The predicted molar refractivity (Wildman–Crippen MR) is 48.4 cm³/mol. The molecule has 0 aromatic carbocycles. The SMILES string of the molecule is CCOC(=O)[C@@H]1CCNC[C@@H]1OC. The van der Waals surface area contributed by atoms with Crippen LogP contribution in [0.2, 0.25) is 0 Å². The Balaban J connectivity index is 2.48. The summed E-state index contributed by atoms with van der Waals surface area (Å²) >= 11 is 0. The van der Waals surface area contributed by atoms with E-state index in [9.17, 15) is 4.79 Å². The molecule has 1 heterocycles. The zero-order valence-corrected chi connectivity index (χ0v) is 8.21. The number of piperidine rings is 1. The van der Waals surface area contributed by atoms with Crippen LogP contribution in [0.1, 0.15) is 13.3 Å². The first kappa shape index (κ1) is 10.5. The summed E-state index contributed by atoms with van der Waals surface area (Å²) in [7, 11) is 1.63. The zero-order chi connectivity index (χ0) is 9.68. The number of methoxy groups -OCH3 is 1. The lowest BCUT2D eigenvalue weighted by molar-refractivity contribution is -0.154. The van der Waals surface area contributed by atoms with Gasteiger partial charge in [0.25, 0.3) is 0 Å². The van der Waals surface area contributed by atoms with Crippen molar-refractivity contribution < 1.29 is 14.3 Å². The Morgan fingerprint density at radius 1 is 1.62 bits per heavy atom. The molecular weight excluding hydrogens is 170 g/mol. The normalized spacial score (nSPS) is 28.5. The molecule has 4 heteroatoms. The van der Waals surface area contributed by atoms with Gasteiger partial charge in [-0.05, 0) is 19.9 Å². The van der Waals surface area contributed by atoms with Crippen LogP contribution in [0.3, 0.4) is 0 Å². The van der Waals surface area contributed by atoms with Crippen LogP contribution in [-0.4, -0.2) is 38.9 Å². The van der Waals surface area contributed by atoms with Crippen molar-refractivity contribution in [2.75, 3.05) is 26.8 Å². The molecule has 0 radical (unpaired) electrons. The molecule has 1 aliphatic rings. The first-order chi connectivity index (χ1) is 6.29. The fraction of sp³-hybridized carbons (Fsp3) is 0.889. The van der Waals surface area contributed by atoms with Gasteiger partial charge in [-0.1, -0.05) is 0 Å². The van der Waals surface area contributed by atoms with E-state index in [0.29, 0.717) is 6.61 Å². The summed E-state index contributed by atoms with van der Waals surface area (Å²) in [5.41, 5.74) is 0. The number of carbonyl (C=O) groups excluding carboxylic acids is 1. The predicted octanol–water partition coefficient (Wildman–Crippen LogP) is 0.174. The average molecular weight is 187 g/mol. The molecule has 0 bridgehead atoms. The second kappa shape index (κ2) is 5.19. The average Bonchev–Trinajstić information content (AvgIpc) is 2.18. The third-order valence-electron chi connectivity index (χ3n) is 2.32. The Morgan fingerprint density at radius 2 is 2.38 bits per heavy atom. The van der Waals surface area contributed by atoms with Crippen LogP contribution < -0.4 is 5.32 Å². The molecule has 0 unspecified atom stereocenters. The van der Waals surface area contributed by atoms with Crippen molar-refractivity contribution >= 4 is 5.97 Å². The molecule has 1 rings (SSSR count). The van der Waals surface area contributed by atoms with Crippen molar-refractivity contribution in [2.24, 2.45) is 5.92 Å². The highest BCUT2D eigenvalue weighted by atomic mass is 16.5. The van der Waals surface area contributed by atoms with Crippen LogP contribution in [0.5, 0.6) is 0 Å². The summed E-state index contributed by atoms with van der Waals surface area (Å²) in [5.74, 6) is -0.220. The lowest BCUT2D eigenvalue weighted by Gasteiger charge is -2.29. The van der Waals surface area contributed by atoms with Gasteiger partial charge in [-0.2, -0.15) is 0 Å². The van der Waals surface area contributed by atoms with Gasteiger partial charge in [0.05, 0.1) is 18.6 Å². The number of hydrogen-bond acceptors (Lipinski definition) is 4. The van der Waals surface area contributed by atoms with E-state index in [1.54, 1.807) is 7.11 Å². The van der Waals surface area contributed by atoms with Crippen LogP contribution >= 0.6 is 0 Å². The molecule has 0 aromatic heterocycles. The minimum atomic E-state index is -0.129. The lowest BCUT2D eigenvalue weighted by Crippen LogP contribution is -2.45. The molecule has 1 aliphatic heterocycles. The lowest BCUT2D eigenvalue weighted by atomic mass is 9.95. The Bertz CT molecular complexity index is 172. The maximum Gasteiger partial charge on any atom is 0.311 e. The number of ether oxygens (including phenoxy) is 2. The van der Waals surface area contributed by atoms with Crippen molar-refractivity contribution in [2.45, 2.75) is 19.4 Å². The summed E-state index contributed by atoms with van der Waals surface area (Å²) in [5, 5.41) is 3.18. The van der Waals surface area contributed by atoms with E-state index in [1.807, 2.05) is 6.92 Å². The van der Waals surface area contributed by atoms with E-state index in [-0.39, 0.29) is 18.0 Å². The van der Waals surface area contributed by atoms with E-state index in [4.69, 9.17) is 9.47 Å². The van der Waals surface area contributed by atoms with E-state index < -0.39 is 0 Å². The molecule has 0 spiro atoms. The van der Waals surface area contributed by atoms with Gasteiger partial charge in [-0.15, -0.1) is 0 Å². The highest BCUT2D eigenvalue weighted by Crippen LogP contribution is 2.16. The van der Waals surface area contributed by atoms with Crippen LogP contribution in [0.25, 0.3) is 0 Å². The molecule has 13 heavy (non-hydrogen) atoms. The van der Waals surface area contributed by atoms with Gasteiger partial charge < -0.3 is 14.8 Å².